The summed E-state index contributed by atoms with van der Waals surface area (Å²) in [5.41, 5.74) is -1.42. The molecule has 45 heavy (non-hydrogen) atoms. The molecule has 0 bridgehead atoms. The lowest BCUT2D eigenvalue weighted by molar-refractivity contribution is -0.232. The molecule has 3 N–H and O–H groups in total. The number of rotatable bonds is 5. The molecule has 7 heteroatoms. The van der Waals surface area contributed by atoms with Gasteiger partial charge in [-0.3, -0.25) is 0 Å². The monoisotopic (exact) mass is 645 g/mol. The number of thiazole rings is 1. The summed E-state index contributed by atoms with van der Waals surface area (Å²) in [6, 6.07) is 21.7. The van der Waals surface area contributed by atoms with Crippen LogP contribution >= 0.6 is 11.3 Å². The molecule has 4 saturated carbocycles. The third kappa shape index (κ3) is 4.55. The summed E-state index contributed by atoms with van der Waals surface area (Å²) in [6.07, 6.45) is 6.28. The van der Waals surface area contributed by atoms with E-state index in [0.29, 0.717) is 12.3 Å². The van der Waals surface area contributed by atoms with Gasteiger partial charge in [0.1, 0.15) is 10.6 Å². The third-order valence-corrected chi connectivity index (χ3v) is 19.4. The van der Waals surface area contributed by atoms with E-state index < -0.39 is 26.1 Å². The van der Waals surface area contributed by atoms with Gasteiger partial charge in [0.15, 0.2) is 0 Å². The Morgan fingerprint density at radius 1 is 0.822 bits per heavy atom. The zero-order valence-corrected chi connectivity index (χ0v) is 29.3. The summed E-state index contributed by atoms with van der Waals surface area (Å²) in [4.78, 5) is 4.57. The smallest absolute Gasteiger partial charge is 0.261 e. The number of hydrogen-bond acceptors (Lipinski definition) is 6. The van der Waals surface area contributed by atoms with Crippen LogP contribution in [0.25, 0.3) is 0 Å². The van der Waals surface area contributed by atoms with E-state index in [1.807, 2.05) is 5.38 Å². The maximum atomic E-state index is 12.1. The molecule has 10 atom stereocenters. The Morgan fingerprint density at radius 3 is 2.02 bits per heavy atom. The molecule has 4 fully saturated rings. The van der Waals surface area contributed by atoms with E-state index in [1.54, 1.807) is 17.5 Å². The SMILES string of the molecule is CC(C)(C)[Si](O[C@H]1CC[C@@]2(C)[C@H](C1)[C@@H](O)[C@H](O)[C@@H]1[C@@H]2CC[C@@]2(C)[C@H]1CC[C@@]2(O)c1nccs1)(c1ccccc1)c1ccccc1. The van der Waals surface area contributed by atoms with Crippen molar-refractivity contribution in [3.63, 3.8) is 0 Å². The first-order valence-electron chi connectivity index (χ1n) is 17.1. The van der Waals surface area contributed by atoms with E-state index in [0.717, 1.165) is 43.5 Å². The van der Waals surface area contributed by atoms with Gasteiger partial charge in [-0.05, 0) is 89.4 Å². The molecule has 0 unspecified atom stereocenters. The van der Waals surface area contributed by atoms with Crippen molar-refractivity contribution in [3.8, 4) is 0 Å². The van der Waals surface area contributed by atoms with Crippen LogP contribution in [0.4, 0.5) is 0 Å². The zero-order valence-electron chi connectivity index (χ0n) is 27.5. The topological polar surface area (TPSA) is 82.8 Å². The molecule has 4 aliphatic rings. The third-order valence-electron chi connectivity index (χ3n) is 13.4. The Hall–Kier alpha value is -1.87. The van der Waals surface area contributed by atoms with Crippen LogP contribution in [-0.4, -0.2) is 46.9 Å². The van der Waals surface area contributed by atoms with Crippen molar-refractivity contribution in [3.05, 3.63) is 77.2 Å². The van der Waals surface area contributed by atoms with Crippen LogP contribution in [0.15, 0.2) is 72.2 Å². The van der Waals surface area contributed by atoms with Crippen LogP contribution in [-0.2, 0) is 10.0 Å². The van der Waals surface area contributed by atoms with Crippen LogP contribution in [0.3, 0.4) is 0 Å². The van der Waals surface area contributed by atoms with Crippen molar-refractivity contribution < 1.29 is 19.7 Å². The van der Waals surface area contributed by atoms with Crippen molar-refractivity contribution in [1.29, 1.82) is 0 Å². The van der Waals surface area contributed by atoms with Crippen molar-refractivity contribution in [1.82, 2.24) is 4.98 Å². The molecule has 0 spiro atoms. The van der Waals surface area contributed by atoms with Crippen LogP contribution in [0.2, 0.25) is 5.04 Å². The molecule has 1 aromatic heterocycles. The minimum absolute atomic E-state index is 0.00288. The van der Waals surface area contributed by atoms with Gasteiger partial charge in [0, 0.05) is 23.1 Å². The Morgan fingerprint density at radius 2 is 1.44 bits per heavy atom. The van der Waals surface area contributed by atoms with Gasteiger partial charge in [0.2, 0.25) is 0 Å². The molecule has 4 aliphatic carbocycles. The molecule has 0 saturated heterocycles. The average Bonchev–Trinajstić information content (AvgIpc) is 3.67. The van der Waals surface area contributed by atoms with Crippen LogP contribution < -0.4 is 10.4 Å². The molecule has 1 heterocycles. The second kappa shape index (κ2) is 11.1. The van der Waals surface area contributed by atoms with E-state index in [1.165, 1.54) is 10.4 Å². The normalized spacial score (nSPS) is 40.0. The lowest BCUT2D eigenvalue weighted by atomic mass is 9.43. The number of nitrogens with zero attached hydrogens (tertiary/aromatic N) is 1. The highest BCUT2D eigenvalue weighted by molar-refractivity contribution is 7.09. The number of benzene rings is 2. The second-order valence-electron chi connectivity index (χ2n) is 16.3. The highest BCUT2D eigenvalue weighted by Gasteiger charge is 2.69. The van der Waals surface area contributed by atoms with Gasteiger partial charge >= 0.3 is 0 Å². The molecule has 5 nitrogen and oxygen atoms in total. The molecular weight excluding hydrogens is 595 g/mol. The lowest BCUT2D eigenvalue weighted by Gasteiger charge is -2.64. The summed E-state index contributed by atoms with van der Waals surface area (Å²) in [5, 5.41) is 41.4. The second-order valence-corrected chi connectivity index (χ2v) is 21.4. The average molecular weight is 646 g/mol. The molecule has 0 aliphatic heterocycles. The predicted octanol–water partition coefficient (Wildman–Crippen LogP) is 6.26. The molecule has 2 aromatic carbocycles. The van der Waals surface area contributed by atoms with Crippen LogP contribution in [0, 0.1) is 34.5 Å². The molecule has 0 amide bonds. The fourth-order valence-corrected chi connectivity index (χ4v) is 16.7. The number of aliphatic hydroxyl groups excluding tert-OH is 2. The number of hydrogen-bond donors (Lipinski definition) is 3. The van der Waals surface area contributed by atoms with Gasteiger partial charge in [-0.15, -0.1) is 11.3 Å². The summed E-state index contributed by atoms with van der Waals surface area (Å²) in [7, 11) is -2.74. The summed E-state index contributed by atoms with van der Waals surface area (Å²) >= 11 is 1.54. The number of aliphatic hydroxyl groups is 3. The molecule has 7 rings (SSSR count). The Bertz CT molecular complexity index is 1440. The number of aromatic nitrogens is 1. The Kier molecular flexibility index (Phi) is 7.82. The first kappa shape index (κ1) is 31.7. The van der Waals surface area contributed by atoms with Gasteiger partial charge in [-0.25, -0.2) is 4.98 Å². The lowest BCUT2D eigenvalue weighted by Crippen LogP contribution is -2.69. The zero-order chi connectivity index (χ0) is 31.8. The van der Waals surface area contributed by atoms with Gasteiger partial charge in [-0.1, -0.05) is 95.3 Å². The first-order valence-corrected chi connectivity index (χ1v) is 19.9. The number of fused-ring (bicyclic) bond motifs is 5. The summed E-state index contributed by atoms with van der Waals surface area (Å²) in [5.74, 6) is 0.405. The largest absolute Gasteiger partial charge is 0.404 e. The van der Waals surface area contributed by atoms with E-state index >= 15 is 0 Å². The van der Waals surface area contributed by atoms with Crippen molar-refractivity contribution >= 4 is 30.0 Å². The van der Waals surface area contributed by atoms with Gasteiger partial charge in [0.25, 0.3) is 8.32 Å². The van der Waals surface area contributed by atoms with Crippen LogP contribution in [0.1, 0.15) is 84.6 Å². The van der Waals surface area contributed by atoms with Crippen LogP contribution in [0.5, 0.6) is 0 Å². The maximum Gasteiger partial charge on any atom is 0.261 e. The molecule has 0 radical (unpaired) electrons. The standard InChI is InChI=1S/C38H51NO4SSi/c1-35(2,3)45(26-12-8-6-9-13-26,27-14-10-7-11-15-27)43-25-16-19-36(4)28-17-20-37(5)29(31(28)33(41)32(40)30(36)24-25)18-21-38(37,42)34-39-22-23-44-34/h6-15,22-23,25,28-33,40-42H,16-21,24H2,1-5H3/t25-,28-,29-,30+,31+,32+,33+,36+,37-,38+/m0/s1. The Balaban J connectivity index is 1.20. The molecule has 3 aromatic rings. The van der Waals surface area contributed by atoms with Gasteiger partial charge in [0.05, 0.1) is 12.2 Å². The maximum absolute atomic E-state index is 12.1. The van der Waals surface area contributed by atoms with E-state index in [-0.39, 0.29) is 39.7 Å². The molecular formula is C38H51NO4SSi. The van der Waals surface area contributed by atoms with Crippen molar-refractivity contribution in [2.45, 2.75) is 109 Å². The van der Waals surface area contributed by atoms with E-state index in [2.05, 4.69) is 100 Å². The fraction of sp³-hybridized carbons (Fsp3) is 0.605. The minimum atomic E-state index is -2.74. The first-order chi connectivity index (χ1) is 21.4. The van der Waals surface area contributed by atoms with E-state index in [4.69, 9.17) is 4.43 Å². The molecule has 242 valence electrons. The highest BCUT2D eigenvalue weighted by atomic mass is 32.1. The fourth-order valence-electron chi connectivity index (χ4n) is 11.1. The van der Waals surface area contributed by atoms with Gasteiger partial charge in [-0.2, -0.15) is 0 Å². The van der Waals surface area contributed by atoms with Crippen molar-refractivity contribution in [2.24, 2.45) is 34.5 Å². The quantitative estimate of drug-likeness (QED) is 0.286. The highest BCUT2D eigenvalue weighted by Crippen LogP contribution is 2.70. The Labute approximate surface area is 274 Å². The minimum Gasteiger partial charge on any atom is -0.404 e. The predicted molar refractivity (Wildman–Crippen MR) is 183 cm³/mol. The van der Waals surface area contributed by atoms with Crippen molar-refractivity contribution in [2.75, 3.05) is 0 Å². The van der Waals surface area contributed by atoms with E-state index in [9.17, 15) is 15.3 Å². The summed E-state index contributed by atoms with van der Waals surface area (Å²) < 4.78 is 7.59. The summed E-state index contributed by atoms with van der Waals surface area (Å²) in [6.45, 7) is 11.6. The van der Waals surface area contributed by atoms with Gasteiger partial charge < -0.3 is 19.7 Å².